The predicted octanol–water partition coefficient (Wildman–Crippen LogP) is 3.60. The van der Waals surface area contributed by atoms with Crippen LogP contribution >= 0.6 is 11.6 Å². The molecule has 1 aromatic heterocycles. The van der Waals surface area contributed by atoms with Gasteiger partial charge in [-0.25, -0.2) is 0 Å². The van der Waals surface area contributed by atoms with Gasteiger partial charge in [0.25, 0.3) is 5.89 Å². The predicted molar refractivity (Wildman–Crippen MR) is 83.4 cm³/mol. The van der Waals surface area contributed by atoms with E-state index in [0.29, 0.717) is 16.7 Å². The Balaban J connectivity index is 1.99. The number of carbonyl (C=O) groups is 1. The number of carbonyl (C=O) groups excluding carboxylic acids is 1. The van der Waals surface area contributed by atoms with Gasteiger partial charge in [0.1, 0.15) is 5.54 Å². The summed E-state index contributed by atoms with van der Waals surface area (Å²) < 4.78 is 5.41. The van der Waals surface area contributed by atoms with Crippen LogP contribution in [0.1, 0.15) is 44.0 Å². The van der Waals surface area contributed by atoms with Gasteiger partial charge in [-0.3, -0.25) is 4.79 Å². The Morgan fingerprint density at radius 1 is 1.36 bits per heavy atom. The quantitative estimate of drug-likeness (QED) is 0.938. The molecule has 0 unspecified atom stereocenters. The Bertz CT molecular complexity index is 705. The standard InChI is InChI=1S/C16H18ClN3O2/c1-10-6-5-7-12(13(10)17)14-18-15(20-22-14)16(19-11(2)21)8-3-4-9-16/h5-7H,3-4,8-9H2,1-2H3,(H,19,21). The fourth-order valence-electron chi connectivity index (χ4n) is 3.06. The summed E-state index contributed by atoms with van der Waals surface area (Å²) in [4.78, 5) is 16.0. The van der Waals surface area contributed by atoms with Crippen molar-refractivity contribution < 1.29 is 9.32 Å². The maximum Gasteiger partial charge on any atom is 0.259 e. The Kier molecular flexibility index (Phi) is 3.91. The molecule has 1 N–H and O–H groups in total. The molecule has 0 atom stereocenters. The van der Waals surface area contributed by atoms with Crippen LogP contribution in [0.5, 0.6) is 0 Å². The maximum absolute atomic E-state index is 11.5. The molecule has 1 fully saturated rings. The van der Waals surface area contributed by atoms with Crippen LogP contribution in [-0.4, -0.2) is 16.0 Å². The topological polar surface area (TPSA) is 68.0 Å². The van der Waals surface area contributed by atoms with Crippen molar-refractivity contribution >= 4 is 17.5 Å². The second kappa shape index (κ2) is 5.72. The Morgan fingerprint density at radius 3 is 2.77 bits per heavy atom. The molecule has 0 spiro atoms. The van der Waals surface area contributed by atoms with E-state index in [1.54, 1.807) is 0 Å². The Labute approximate surface area is 134 Å². The van der Waals surface area contributed by atoms with Crippen molar-refractivity contribution in [3.63, 3.8) is 0 Å². The normalized spacial score (nSPS) is 16.7. The summed E-state index contributed by atoms with van der Waals surface area (Å²) in [6.45, 7) is 3.44. The molecule has 5 nitrogen and oxygen atoms in total. The molecule has 6 heteroatoms. The van der Waals surface area contributed by atoms with Gasteiger partial charge in [0.05, 0.1) is 10.6 Å². The lowest BCUT2D eigenvalue weighted by atomic mass is 9.96. The highest BCUT2D eigenvalue weighted by atomic mass is 35.5. The minimum atomic E-state index is -0.510. The third-order valence-electron chi connectivity index (χ3n) is 4.15. The molecule has 1 saturated carbocycles. The number of amides is 1. The first-order valence-electron chi connectivity index (χ1n) is 7.40. The smallest absolute Gasteiger partial charge is 0.259 e. The van der Waals surface area contributed by atoms with Gasteiger partial charge in [0.15, 0.2) is 5.82 Å². The molecule has 1 aliphatic rings. The lowest BCUT2D eigenvalue weighted by Gasteiger charge is -2.25. The highest BCUT2D eigenvalue weighted by Gasteiger charge is 2.40. The maximum atomic E-state index is 11.5. The molecule has 0 radical (unpaired) electrons. The average Bonchev–Trinajstić information content (AvgIpc) is 3.11. The first-order valence-corrected chi connectivity index (χ1v) is 7.78. The number of halogens is 1. The van der Waals surface area contributed by atoms with Crippen LogP contribution in [0.3, 0.4) is 0 Å². The highest BCUT2D eigenvalue weighted by Crippen LogP contribution is 2.38. The summed E-state index contributed by atoms with van der Waals surface area (Å²) in [5.41, 5.74) is 1.16. The van der Waals surface area contributed by atoms with E-state index in [1.807, 2.05) is 25.1 Å². The number of hydrogen-bond acceptors (Lipinski definition) is 4. The summed E-state index contributed by atoms with van der Waals surface area (Å²) in [6.07, 6.45) is 3.73. The van der Waals surface area contributed by atoms with Crippen LogP contribution in [-0.2, 0) is 10.3 Å². The summed E-state index contributed by atoms with van der Waals surface area (Å²) in [7, 11) is 0. The number of rotatable bonds is 3. The van der Waals surface area contributed by atoms with Gasteiger partial charge in [-0.1, -0.05) is 41.7 Å². The van der Waals surface area contributed by atoms with Crippen molar-refractivity contribution in [3.8, 4) is 11.5 Å². The molecule has 1 aromatic carbocycles. The van der Waals surface area contributed by atoms with Crippen molar-refractivity contribution in [1.82, 2.24) is 15.5 Å². The summed E-state index contributed by atoms with van der Waals surface area (Å²) in [5.74, 6) is 0.843. The number of benzene rings is 1. The molecule has 1 heterocycles. The molecule has 116 valence electrons. The van der Waals surface area contributed by atoms with Crippen LogP contribution in [0.25, 0.3) is 11.5 Å². The van der Waals surface area contributed by atoms with E-state index in [9.17, 15) is 4.79 Å². The fraction of sp³-hybridized carbons (Fsp3) is 0.438. The van der Waals surface area contributed by atoms with Gasteiger partial charge < -0.3 is 9.84 Å². The Hall–Kier alpha value is -1.88. The SMILES string of the molecule is CC(=O)NC1(c2noc(-c3cccc(C)c3Cl)n2)CCCC1. The number of aromatic nitrogens is 2. The monoisotopic (exact) mass is 319 g/mol. The van der Waals surface area contributed by atoms with Crippen molar-refractivity contribution in [2.24, 2.45) is 0 Å². The van der Waals surface area contributed by atoms with Crippen LogP contribution in [0, 0.1) is 6.92 Å². The zero-order valence-electron chi connectivity index (χ0n) is 12.6. The van der Waals surface area contributed by atoms with E-state index < -0.39 is 5.54 Å². The fourth-order valence-corrected chi connectivity index (χ4v) is 3.27. The minimum absolute atomic E-state index is 0.0816. The molecule has 1 amide bonds. The number of hydrogen-bond donors (Lipinski definition) is 1. The van der Waals surface area contributed by atoms with Gasteiger partial charge in [-0.15, -0.1) is 0 Å². The van der Waals surface area contributed by atoms with Crippen molar-refractivity contribution in [3.05, 3.63) is 34.6 Å². The van der Waals surface area contributed by atoms with Crippen molar-refractivity contribution in [2.75, 3.05) is 0 Å². The lowest BCUT2D eigenvalue weighted by molar-refractivity contribution is -0.121. The zero-order valence-corrected chi connectivity index (χ0v) is 13.4. The zero-order chi connectivity index (χ0) is 15.7. The van der Waals surface area contributed by atoms with Gasteiger partial charge in [0, 0.05) is 6.92 Å². The number of aryl methyl sites for hydroxylation is 1. The lowest BCUT2D eigenvalue weighted by Crippen LogP contribution is -2.43. The molecule has 3 rings (SSSR count). The third kappa shape index (κ3) is 2.61. The van der Waals surface area contributed by atoms with Crippen LogP contribution in [0.15, 0.2) is 22.7 Å². The van der Waals surface area contributed by atoms with E-state index in [1.165, 1.54) is 6.92 Å². The summed E-state index contributed by atoms with van der Waals surface area (Å²) in [6, 6.07) is 5.69. The van der Waals surface area contributed by atoms with Gasteiger partial charge in [-0.2, -0.15) is 4.98 Å². The van der Waals surface area contributed by atoms with Crippen molar-refractivity contribution in [1.29, 1.82) is 0 Å². The Morgan fingerprint density at radius 2 is 2.09 bits per heavy atom. The van der Waals surface area contributed by atoms with E-state index in [-0.39, 0.29) is 5.91 Å². The molecule has 0 saturated heterocycles. The molecule has 1 aliphatic carbocycles. The molecule has 0 bridgehead atoms. The van der Waals surface area contributed by atoms with Gasteiger partial charge in [0.2, 0.25) is 5.91 Å². The van der Waals surface area contributed by atoms with E-state index in [0.717, 1.165) is 36.8 Å². The van der Waals surface area contributed by atoms with Gasteiger partial charge >= 0.3 is 0 Å². The molecule has 22 heavy (non-hydrogen) atoms. The molecular formula is C16H18ClN3O2. The first kappa shape index (κ1) is 15.0. The number of nitrogens with zero attached hydrogens (tertiary/aromatic N) is 2. The van der Waals surface area contributed by atoms with E-state index >= 15 is 0 Å². The van der Waals surface area contributed by atoms with Crippen LogP contribution in [0.2, 0.25) is 5.02 Å². The van der Waals surface area contributed by atoms with Crippen molar-refractivity contribution in [2.45, 2.75) is 45.1 Å². The highest BCUT2D eigenvalue weighted by molar-refractivity contribution is 6.33. The van der Waals surface area contributed by atoms with E-state index in [2.05, 4.69) is 15.5 Å². The average molecular weight is 320 g/mol. The second-order valence-electron chi connectivity index (χ2n) is 5.83. The first-order chi connectivity index (χ1) is 10.5. The number of nitrogens with one attached hydrogen (secondary N) is 1. The summed E-state index contributed by atoms with van der Waals surface area (Å²) >= 11 is 6.32. The third-order valence-corrected chi connectivity index (χ3v) is 4.65. The largest absolute Gasteiger partial charge is 0.343 e. The van der Waals surface area contributed by atoms with Gasteiger partial charge in [-0.05, 0) is 31.4 Å². The van der Waals surface area contributed by atoms with Crippen LogP contribution < -0.4 is 5.32 Å². The van der Waals surface area contributed by atoms with E-state index in [4.69, 9.17) is 16.1 Å². The summed E-state index contributed by atoms with van der Waals surface area (Å²) in [5, 5.41) is 7.73. The molecular weight excluding hydrogens is 302 g/mol. The molecule has 0 aliphatic heterocycles. The minimum Gasteiger partial charge on any atom is -0.343 e. The second-order valence-corrected chi connectivity index (χ2v) is 6.21. The van der Waals surface area contributed by atoms with Crippen LogP contribution in [0.4, 0.5) is 0 Å². The molecule has 2 aromatic rings.